The Morgan fingerprint density at radius 1 is 1.50 bits per heavy atom. The third kappa shape index (κ3) is 2.61. The third-order valence-corrected chi connectivity index (χ3v) is 3.03. The fourth-order valence-electron chi connectivity index (χ4n) is 1.96. The highest BCUT2D eigenvalue weighted by Gasteiger charge is 2.21. The van der Waals surface area contributed by atoms with E-state index >= 15 is 0 Å². The van der Waals surface area contributed by atoms with Crippen LogP contribution in [0.2, 0.25) is 0 Å². The van der Waals surface area contributed by atoms with E-state index in [-0.39, 0.29) is 12.1 Å². The zero-order valence-electron chi connectivity index (χ0n) is 11.1. The van der Waals surface area contributed by atoms with Crippen molar-refractivity contribution in [2.75, 3.05) is 13.6 Å². The lowest BCUT2D eigenvalue weighted by molar-refractivity contribution is -0.141. The molecule has 0 aliphatic heterocycles. The van der Waals surface area contributed by atoms with E-state index in [4.69, 9.17) is 5.11 Å². The number of amides is 1. The minimum atomic E-state index is -0.992. The van der Waals surface area contributed by atoms with Crippen LogP contribution in [0.3, 0.4) is 0 Å². The summed E-state index contributed by atoms with van der Waals surface area (Å²) in [6.07, 6.45) is 1.38. The smallest absolute Gasteiger partial charge is 0.308 e. The molecule has 0 aliphatic carbocycles. The van der Waals surface area contributed by atoms with Gasteiger partial charge in [-0.3, -0.25) is 9.59 Å². The zero-order valence-corrected chi connectivity index (χ0v) is 11.1. The van der Waals surface area contributed by atoms with Crippen molar-refractivity contribution in [3.63, 3.8) is 0 Å². The van der Waals surface area contributed by atoms with E-state index in [2.05, 4.69) is 9.97 Å². The maximum absolute atomic E-state index is 13.5. The van der Waals surface area contributed by atoms with Gasteiger partial charge in [0.05, 0.1) is 23.3 Å². The lowest BCUT2D eigenvalue weighted by atomic mass is 10.1. The van der Waals surface area contributed by atoms with Crippen molar-refractivity contribution in [1.29, 1.82) is 0 Å². The average molecular weight is 279 g/mol. The second kappa shape index (κ2) is 5.28. The molecule has 1 aromatic heterocycles. The molecule has 1 amide bonds. The van der Waals surface area contributed by atoms with E-state index in [1.54, 1.807) is 0 Å². The number of imidazole rings is 1. The van der Waals surface area contributed by atoms with E-state index in [0.717, 1.165) is 6.07 Å². The number of carboxylic acids is 1. The molecule has 1 unspecified atom stereocenters. The van der Waals surface area contributed by atoms with E-state index in [1.807, 2.05) is 0 Å². The largest absolute Gasteiger partial charge is 0.481 e. The fraction of sp³-hybridized carbons (Fsp3) is 0.308. The number of aromatic nitrogens is 2. The SMILES string of the molecule is CC(CN(C)C(=O)c1cc(F)cc2[nH]cnc12)C(=O)O. The van der Waals surface area contributed by atoms with Gasteiger partial charge in [0.25, 0.3) is 5.91 Å². The molecule has 0 fully saturated rings. The van der Waals surface area contributed by atoms with Gasteiger partial charge >= 0.3 is 5.97 Å². The van der Waals surface area contributed by atoms with E-state index in [1.165, 1.54) is 31.3 Å². The summed E-state index contributed by atoms with van der Waals surface area (Å²) in [7, 11) is 1.48. The van der Waals surface area contributed by atoms with Crippen molar-refractivity contribution in [2.45, 2.75) is 6.92 Å². The van der Waals surface area contributed by atoms with Crippen molar-refractivity contribution in [1.82, 2.24) is 14.9 Å². The van der Waals surface area contributed by atoms with Crippen LogP contribution in [0.25, 0.3) is 11.0 Å². The highest BCUT2D eigenvalue weighted by molar-refractivity contribution is 6.04. The van der Waals surface area contributed by atoms with Gasteiger partial charge in [-0.15, -0.1) is 0 Å². The van der Waals surface area contributed by atoms with Gasteiger partial charge in [0, 0.05) is 13.6 Å². The van der Waals surface area contributed by atoms with Gasteiger partial charge in [-0.05, 0) is 12.1 Å². The quantitative estimate of drug-likeness (QED) is 0.887. The van der Waals surface area contributed by atoms with Crippen molar-refractivity contribution in [3.8, 4) is 0 Å². The molecule has 7 heteroatoms. The normalized spacial score (nSPS) is 12.3. The Balaban J connectivity index is 2.31. The molecule has 1 atom stereocenters. The van der Waals surface area contributed by atoms with Crippen LogP contribution in [0, 0.1) is 11.7 Å². The van der Waals surface area contributed by atoms with Gasteiger partial charge in [0.2, 0.25) is 0 Å². The number of aliphatic carboxylic acids is 1. The third-order valence-electron chi connectivity index (χ3n) is 3.03. The Kier molecular flexibility index (Phi) is 3.69. The van der Waals surface area contributed by atoms with Gasteiger partial charge in [-0.2, -0.15) is 0 Å². The van der Waals surface area contributed by atoms with Gasteiger partial charge in [-0.25, -0.2) is 9.37 Å². The second-order valence-electron chi connectivity index (χ2n) is 4.68. The molecular weight excluding hydrogens is 265 g/mol. The van der Waals surface area contributed by atoms with Crippen LogP contribution in [0.4, 0.5) is 4.39 Å². The van der Waals surface area contributed by atoms with E-state index in [9.17, 15) is 14.0 Å². The number of rotatable bonds is 4. The molecule has 2 N–H and O–H groups in total. The number of nitrogens with one attached hydrogen (secondary N) is 1. The molecule has 2 aromatic rings. The first kappa shape index (κ1) is 14.0. The van der Waals surface area contributed by atoms with Crippen molar-refractivity contribution in [3.05, 3.63) is 29.8 Å². The fourth-order valence-corrected chi connectivity index (χ4v) is 1.96. The lowest BCUT2D eigenvalue weighted by Gasteiger charge is -2.19. The average Bonchev–Trinajstić information content (AvgIpc) is 2.84. The summed E-state index contributed by atoms with van der Waals surface area (Å²) in [5.41, 5.74) is 0.903. The molecule has 0 saturated carbocycles. The number of hydrogen-bond acceptors (Lipinski definition) is 3. The molecule has 0 spiro atoms. The number of carbonyl (C=O) groups is 2. The maximum Gasteiger partial charge on any atom is 0.308 e. The summed E-state index contributed by atoms with van der Waals surface area (Å²) in [6, 6.07) is 2.35. The molecule has 0 saturated heterocycles. The minimum absolute atomic E-state index is 0.0383. The van der Waals surface area contributed by atoms with Crippen LogP contribution in [0.15, 0.2) is 18.5 Å². The predicted molar refractivity (Wildman–Crippen MR) is 69.8 cm³/mol. The van der Waals surface area contributed by atoms with Crippen molar-refractivity contribution in [2.24, 2.45) is 5.92 Å². The number of carbonyl (C=O) groups excluding carboxylic acids is 1. The highest BCUT2D eigenvalue weighted by Crippen LogP contribution is 2.19. The van der Waals surface area contributed by atoms with Gasteiger partial charge in [0.1, 0.15) is 11.3 Å². The van der Waals surface area contributed by atoms with E-state index < -0.39 is 23.6 Å². The highest BCUT2D eigenvalue weighted by atomic mass is 19.1. The number of nitrogens with zero attached hydrogens (tertiary/aromatic N) is 2. The molecule has 106 valence electrons. The molecule has 0 bridgehead atoms. The maximum atomic E-state index is 13.5. The Bertz CT molecular complexity index is 668. The van der Waals surface area contributed by atoms with Crippen LogP contribution in [-0.2, 0) is 4.79 Å². The predicted octanol–water partition coefficient (Wildman–Crippen LogP) is 1.49. The van der Waals surface area contributed by atoms with Crippen LogP contribution in [0.1, 0.15) is 17.3 Å². The lowest BCUT2D eigenvalue weighted by Crippen LogP contribution is -2.33. The van der Waals surface area contributed by atoms with Gasteiger partial charge < -0.3 is 15.0 Å². The summed E-state index contributed by atoms with van der Waals surface area (Å²) in [5, 5.41) is 8.85. The molecule has 20 heavy (non-hydrogen) atoms. The molecule has 0 aliphatic rings. The molecule has 1 aromatic carbocycles. The Hall–Kier alpha value is -2.44. The number of hydrogen-bond donors (Lipinski definition) is 2. The number of carboxylic acid groups (broad SMARTS) is 1. The number of benzene rings is 1. The summed E-state index contributed by atoms with van der Waals surface area (Å²) >= 11 is 0. The molecule has 6 nitrogen and oxygen atoms in total. The molecular formula is C13H14FN3O3. The van der Waals surface area contributed by atoms with Crippen molar-refractivity contribution < 1.29 is 19.1 Å². The van der Waals surface area contributed by atoms with Gasteiger partial charge in [-0.1, -0.05) is 6.92 Å². The topological polar surface area (TPSA) is 86.3 Å². The first-order valence-electron chi connectivity index (χ1n) is 6.01. The Labute approximate surface area is 114 Å². The number of halogens is 1. The van der Waals surface area contributed by atoms with Crippen LogP contribution in [-0.4, -0.2) is 45.4 Å². The standard InChI is InChI=1S/C13H14FN3O3/c1-7(13(19)20)5-17(2)12(18)9-3-8(14)4-10-11(9)16-6-15-10/h3-4,6-7H,5H2,1-2H3,(H,15,16)(H,19,20). The minimum Gasteiger partial charge on any atom is -0.481 e. The van der Waals surface area contributed by atoms with Crippen LogP contribution in [0.5, 0.6) is 0 Å². The summed E-state index contributed by atoms with van der Waals surface area (Å²) < 4.78 is 13.5. The number of fused-ring (bicyclic) bond motifs is 1. The van der Waals surface area contributed by atoms with Crippen molar-refractivity contribution >= 4 is 22.9 Å². The molecule has 1 heterocycles. The van der Waals surface area contributed by atoms with Crippen LogP contribution < -0.4 is 0 Å². The molecule has 2 rings (SSSR count). The Morgan fingerprint density at radius 3 is 2.85 bits per heavy atom. The summed E-state index contributed by atoms with van der Waals surface area (Å²) in [5.74, 6) is -2.71. The zero-order chi connectivity index (χ0) is 14.9. The first-order chi connectivity index (χ1) is 9.40. The van der Waals surface area contributed by atoms with E-state index in [0.29, 0.717) is 11.0 Å². The monoisotopic (exact) mass is 279 g/mol. The first-order valence-corrected chi connectivity index (χ1v) is 6.01. The summed E-state index contributed by atoms with van der Waals surface area (Å²) in [4.78, 5) is 31.1. The number of H-pyrrole nitrogens is 1. The van der Waals surface area contributed by atoms with Crippen LogP contribution >= 0.6 is 0 Å². The molecule has 0 radical (unpaired) electrons. The number of aromatic amines is 1. The summed E-state index contributed by atoms with van der Waals surface area (Å²) in [6.45, 7) is 1.54. The van der Waals surface area contributed by atoms with Gasteiger partial charge in [0.15, 0.2) is 0 Å². The second-order valence-corrected chi connectivity index (χ2v) is 4.68. The Morgan fingerprint density at radius 2 is 2.20 bits per heavy atom.